The van der Waals surface area contributed by atoms with Gasteiger partial charge in [-0.2, -0.15) is 0 Å². The fourth-order valence-electron chi connectivity index (χ4n) is 2.23. The van der Waals surface area contributed by atoms with Crippen molar-refractivity contribution < 1.29 is 23.1 Å². The number of carbonyl (C=O) groups excluding carboxylic acids is 1. The number of hydrogen-bond donors (Lipinski definition) is 2. The summed E-state index contributed by atoms with van der Waals surface area (Å²) in [7, 11) is -3.68. The monoisotopic (exact) mass is 361 g/mol. The number of carboxylic acid groups (broad SMARTS) is 1. The summed E-state index contributed by atoms with van der Waals surface area (Å²) < 4.78 is 26.6. The van der Waals surface area contributed by atoms with Gasteiger partial charge >= 0.3 is 5.97 Å². The molecule has 2 N–H and O–H groups in total. The third kappa shape index (κ3) is 5.81. The molecule has 0 aliphatic rings. The quantitative estimate of drug-likeness (QED) is 0.527. The van der Waals surface area contributed by atoms with E-state index in [9.17, 15) is 18.0 Å². The summed E-state index contributed by atoms with van der Waals surface area (Å²) in [6.45, 7) is 0.0584. The van der Waals surface area contributed by atoms with E-state index in [1.165, 1.54) is 12.1 Å². The largest absolute Gasteiger partial charge is 0.481 e. The van der Waals surface area contributed by atoms with Crippen molar-refractivity contribution in [1.82, 2.24) is 4.72 Å². The van der Waals surface area contributed by atoms with Gasteiger partial charge in [0.05, 0.1) is 4.90 Å². The van der Waals surface area contributed by atoms with Gasteiger partial charge in [-0.3, -0.25) is 9.59 Å². The van der Waals surface area contributed by atoms with Crippen LogP contribution in [0.5, 0.6) is 0 Å². The molecule has 2 rings (SSSR count). The molecule has 25 heavy (non-hydrogen) atoms. The van der Waals surface area contributed by atoms with E-state index >= 15 is 0 Å². The highest BCUT2D eigenvalue weighted by Gasteiger charge is 2.14. The lowest BCUT2D eigenvalue weighted by Crippen LogP contribution is -2.25. The zero-order valence-corrected chi connectivity index (χ0v) is 14.3. The number of hydrogen-bond acceptors (Lipinski definition) is 4. The van der Waals surface area contributed by atoms with E-state index in [1.807, 2.05) is 6.07 Å². The van der Waals surface area contributed by atoms with Crippen molar-refractivity contribution in [3.63, 3.8) is 0 Å². The number of Topliss-reactive ketones (excluding diaryl/α,β-unsaturated/α-hetero) is 1. The van der Waals surface area contributed by atoms with Gasteiger partial charge < -0.3 is 5.11 Å². The van der Waals surface area contributed by atoms with Crippen LogP contribution >= 0.6 is 0 Å². The summed E-state index contributed by atoms with van der Waals surface area (Å²) >= 11 is 0. The van der Waals surface area contributed by atoms with Crippen LogP contribution in [-0.2, 0) is 21.2 Å². The molecule has 0 aliphatic carbocycles. The Morgan fingerprint density at radius 1 is 0.960 bits per heavy atom. The smallest absolute Gasteiger partial charge is 0.303 e. The van der Waals surface area contributed by atoms with Crippen LogP contribution in [0.2, 0.25) is 0 Å². The summed E-state index contributed by atoms with van der Waals surface area (Å²) in [5, 5.41) is 8.54. The maximum Gasteiger partial charge on any atom is 0.303 e. The van der Waals surface area contributed by atoms with Crippen molar-refractivity contribution in [2.24, 2.45) is 0 Å². The van der Waals surface area contributed by atoms with E-state index in [1.54, 1.807) is 36.4 Å². The number of benzene rings is 2. The lowest BCUT2D eigenvalue weighted by Gasteiger charge is -2.07. The molecule has 7 heteroatoms. The lowest BCUT2D eigenvalue weighted by molar-refractivity contribution is -0.137. The minimum atomic E-state index is -3.68. The van der Waals surface area contributed by atoms with Crippen LogP contribution in [0.4, 0.5) is 0 Å². The lowest BCUT2D eigenvalue weighted by atomic mass is 10.0. The first-order valence-corrected chi connectivity index (χ1v) is 9.25. The molecule has 0 amide bonds. The number of ketones is 1. The minimum Gasteiger partial charge on any atom is -0.481 e. The maximum atomic E-state index is 12.1. The Labute approximate surface area is 146 Å². The van der Waals surface area contributed by atoms with E-state index < -0.39 is 16.0 Å². The average molecular weight is 361 g/mol. The van der Waals surface area contributed by atoms with Crippen LogP contribution in [-0.4, -0.2) is 31.8 Å². The summed E-state index contributed by atoms with van der Waals surface area (Å²) in [4.78, 5) is 22.6. The highest BCUT2D eigenvalue weighted by molar-refractivity contribution is 7.89. The molecule has 0 heterocycles. The van der Waals surface area contributed by atoms with Gasteiger partial charge in [-0.05, 0) is 24.1 Å². The van der Waals surface area contributed by atoms with E-state index in [0.717, 1.165) is 5.56 Å². The first kappa shape index (κ1) is 18.8. The van der Waals surface area contributed by atoms with Gasteiger partial charge in [0.15, 0.2) is 5.78 Å². The topological polar surface area (TPSA) is 101 Å². The molecule has 132 valence electrons. The van der Waals surface area contributed by atoms with Crippen LogP contribution in [0.15, 0.2) is 59.5 Å². The molecule has 0 radical (unpaired) electrons. The molecule has 0 fully saturated rings. The molecule has 2 aromatic rings. The maximum absolute atomic E-state index is 12.1. The van der Waals surface area contributed by atoms with E-state index in [0.29, 0.717) is 5.56 Å². The normalized spacial score (nSPS) is 11.2. The molecule has 0 saturated carbocycles. The van der Waals surface area contributed by atoms with Crippen LogP contribution < -0.4 is 4.72 Å². The van der Waals surface area contributed by atoms with Gasteiger partial charge in [-0.1, -0.05) is 42.5 Å². The van der Waals surface area contributed by atoms with E-state index in [-0.39, 0.29) is 36.5 Å². The molecule has 2 aromatic carbocycles. The van der Waals surface area contributed by atoms with Gasteiger partial charge in [0, 0.05) is 24.9 Å². The van der Waals surface area contributed by atoms with Crippen LogP contribution in [0.1, 0.15) is 28.8 Å². The Bertz CT molecular complexity index is 830. The molecule has 0 unspecified atom stereocenters. The fraction of sp³-hybridized carbons (Fsp3) is 0.222. The second-order valence-electron chi connectivity index (χ2n) is 5.50. The molecule has 0 aliphatic heterocycles. The average Bonchev–Trinajstić information content (AvgIpc) is 2.60. The van der Waals surface area contributed by atoms with Gasteiger partial charge in [0.2, 0.25) is 10.0 Å². The zero-order valence-electron chi connectivity index (χ0n) is 13.5. The third-order valence-electron chi connectivity index (χ3n) is 3.55. The number of carboxylic acids is 1. The fourth-order valence-corrected chi connectivity index (χ4v) is 3.30. The number of rotatable bonds is 9. The Morgan fingerprint density at radius 2 is 1.60 bits per heavy atom. The highest BCUT2D eigenvalue weighted by Crippen LogP contribution is 2.13. The number of nitrogens with one attached hydrogen (secondary N) is 1. The second-order valence-corrected chi connectivity index (χ2v) is 7.27. The second kappa shape index (κ2) is 8.55. The zero-order chi connectivity index (χ0) is 18.3. The summed E-state index contributed by atoms with van der Waals surface area (Å²) in [5.41, 5.74) is 1.33. The number of aliphatic carboxylic acids is 1. The Kier molecular flexibility index (Phi) is 6.44. The number of carbonyl (C=O) groups is 2. The Hall–Kier alpha value is -2.51. The number of sulfonamides is 1. The summed E-state index contributed by atoms with van der Waals surface area (Å²) in [5.74, 6) is -1.00. The van der Waals surface area contributed by atoms with E-state index in [4.69, 9.17) is 5.11 Å². The van der Waals surface area contributed by atoms with Gasteiger partial charge in [-0.15, -0.1) is 0 Å². The van der Waals surface area contributed by atoms with Crippen molar-refractivity contribution in [1.29, 1.82) is 0 Å². The van der Waals surface area contributed by atoms with Crippen LogP contribution in [0.3, 0.4) is 0 Å². The van der Waals surface area contributed by atoms with Crippen molar-refractivity contribution >= 4 is 21.8 Å². The molecule has 6 nitrogen and oxygen atoms in total. The minimum absolute atomic E-state index is 0.0389. The first-order valence-electron chi connectivity index (χ1n) is 7.77. The first-order chi connectivity index (χ1) is 11.9. The van der Waals surface area contributed by atoms with Crippen LogP contribution in [0.25, 0.3) is 0 Å². The van der Waals surface area contributed by atoms with Crippen molar-refractivity contribution in [2.75, 3.05) is 6.54 Å². The Balaban J connectivity index is 1.96. The highest BCUT2D eigenvalue weighted by atomic mass is 32.2. The molecule has 0 bridgehead atoms. The third-order valence-corrected chi connectivity index (χ3v) is 5.03. The SMILES string of the molecule is O=C(O)CCCNS(=O)(=O)c1ccc(CC(=O)c2ccccc2)cc1. The standard InChI is InChI=1S/C18H19NO5S/c20-17(15-5-2-1-3-6-15)13-14-8-10-16(11-9-14)25(23,24)19-12-4-7-18(21)22/h1-3,5-6,8-11,19H,4,7,12-13H2,(H,21,22). The van der Waals surface area contributed by atoms with Crippen molar-refractivity contribution in [3.8, 4) is 0 Å². The molecule has 0 saturated heterocycles. The van der Waals surface area contributed by atoms with Crippen LogP contribution in [0, 0.1) is 0 Å². The molecular formula is C18H19NO5S. The predicted molar refractivity (Wildman–Crippen MR) is 93.0 cm³/mol. The van der Waals surface area contributed by atoms with Gasteiger partial charge in [-0.25, -0.2) is 13.1 Å². The molecule has 0 aromatic heterocycles. The molecular weight excluding hydrogens is 342 g/mol. The van der Waals surface area contributed by atoms with Gasteiger partial charge in [0.1, 0.15) is 0 Å². The summed E-state index contributed by atoms with van der Waals surface area (Å²) in [6.07, 6.45) is 0.317. The van der Waals surface area contributed by atoms with E-state index in [2.05, 4.69) is 4.72 Å². The van der Waals surface area contributed by atoms with Crippen molar-refractivity contribution in [3.05, 3.63) is 65.7 Å². The molecule has 0 spiro atoms. The predicted octanol–water partition coefficient (Wildman–Crippen LogP) is 2.26. The Morgan fingerprint density at radius 3 is 2.20 bits per heavy atom. The van der Waals surface area contributed by atoms with Crippen molar-refractivity contribution in [2.45, 2.75) is 24.2 Å². The molecule has 0 atom stereocenters. The van der Waals surface area contributed by atoms with Gasteiger partial charge in [0.25, 0.3) is 0 Å². The summed E-state index contributed by atoms with van der Waals surface area (Å²) in [6, 6.07) is 15.0.